The molecule has 6 nitrogen and oxygen atoms in total. The van der Waals surface area contributed by atoms with Gasteiger partial charge in [0, 0.05) is 5.56 Å². The maximum absolute atomic E-state index is 11.4. The third kappa shape index (κ3) is 4.79. The number of carboxylic acids is 1. The van der Waals surface area contributed by atoms with Crippen molar-refractivity contribution < 1.29 is 19.4 Å². The van der Waals surface area contributed by atoms with E-state index in [0.29, 0.717) is 5.56 Å². The van der Waals surface area contributed by atoms with Crippen LogP contribution in [-0.4, -0.2) is 28.6 Å². The zero-order chi connectivity index (χ0) is 14.6. The van der Waals surface area contributed by atoms with E-state index in [2.05, 4.69) is 5.32 Å². The van der Waals surface area contributed by atoms with Gasteiger partial charge in [-0.3, -0.25) is 10.7 Å². The van der Waals surface area contributed by atoms with E-state index in [4.69, 9.17) is 15.3 Å². The summed E-state index contributed by atoms with van der Waals surface area (Å²) < 4.78 is 5.01. The van der Waals surface area contributed by atoms with E-state index < -0.39 is 17.7 Å². The Hall–Kier alpha value is -2.37. The molecule has 1 aromatic rings. The maximum Gasteiger partial charge on any atom is 0.413 e. The first-order valence-corrected chi connectivity index (χ1v) is 5.61. The molecule has 0 saturated carbocycles. The molecule has 6 heteroatoms. The highest BCUT2D eigenvalue weighted by Gasteiger charge is 2.17. The smallest absolute Gasteiger partial charge is 0.413 e. The van der Waals surface area contributed by atoms with E-state index in [9.17, 15) is 9.59 Å². The number of hydrogen-bond donors (Lipinski definition) is 3. The number of carbonyl (C=O) groups is 2. The SMILES string of the molecule is CC(C)(C)OC(=O)NC(=N)c1ccc(C(=O)O)cc1. The molecule has 0 atom stereocenters. The quantitative estimate of drug-likeness (QED) is 0.563. The number of benzene rings is 1. The third-order valence-electron chi connectivity index (χ3n) is 2.05. The second-order valence-corrected chi connectivity index (χ2v) is 4.88. The molecule has 0 saturated heterocycles. The van der Waals surface area contributed by atoms with Crippen molar-refractivity contribution in [1.82, 2.24) is 5.32 Å². The number of aromatic carboxylic acids is 1. The molecule has 0 spiro atoms. The lowest BCUT2D eigenvalue weighted by Crippen LogP contribution is -2.36. The lowest BCUT2D eigenvalue weighted by atomic mass is 10.1. The van der Waals surface area contributed by atoms with Crippen LogP contribution in [0.2, 0.25) is 0 Å². The van der Waals surface area contributed by atoms with Crippen molar-refractivity contribution in [1.29, 1.82) is 5.41 Å². The fourth-order valence-electron chi connectivity index (χ4n) is 1.26. The number of nitrogens with one attached hydrogen (secondary N) is 2. The minimum Gasteiger partial charge on any atom is -0.478 e. The largest absolute Gasteiger partial charge is 0.478 e. The van der Waals surface area contributed by atoms with Gasteiger partial charge in [0.2, 0.25) is 0 Å². The summed E-state index contributed by atoms with van der Waals surface area (Å²) in [6.45, 7) is 5.16. The van der Waals surface area contributed by atoms with Gasteiger partial charge in [0.25, 0.3) is 0 Å². The van der Waals surface area contributed by atoms with E-state index in [1.165, 1.54) is 24.3 Å². The van der Waals surface area contributed by atoms with E-state index in [1.54, 1.807) is 20.8 Å². The van der Waals surface area contributed by atoms with Crippen LogP contribution in [-0.2, 0) is 4.74 Å². The minimum atomic E-state index is -1.04. The number of alkyl carbamates (subject to hydrolysis) is 1. The number of amides is 1. The summed E-state index contributed by atoms with van der Waals surface area (Å²) in [6, 6.07) is 5.62. The van der Waals surface area contributed by atoms with Crippen LogP contribution in [0.1, 0.15) is 36.7 Å². The molecule has 0 aliphatic carbocycles. The van der Waals surface area contributed by atoms with Gasteiger partial charge in [0.15, 0.2) is 0 Å². The van der Waals surface area contributed by atoms with Crippen LogP contribution in [0.3, 0.4) is 0 Å². The highest BCUT2D eigenvalue weighted by molar-refractivity contribution is 6.05. The van der Waals surface area contributed by atoms with E-state index in [-0.39, 0.29) is 11.4 Å². The van der Waals surface area contributed by atoms with Crippen LogP contribution in [0, 0.1) is 5.41 Å². The molecule has 3 N–H and O–H groups in total. The molecule has 0 radical (unpaired) electrons. The third-order valence-corrected chi connectivity index (χ3v) is 2.05. The van der Waals surface area contributed by atoms with Crippen molar-refractivity contribution in [3.63, 3.8) is 0 Å². The molecule has 0 aliphatic rings. The van der Waals surface area contributed by atoms with Gasteiger partial charge >= 0.3 is 12.1 Å². The van der Waals surface area contributed by atoms with Crippen molar-refractivity contribution in [2.24, 2.45) is 0 Å². The van der Waals surface area contributed by atoms with Gasteiger partial charge in [0.1, 0.15) is 11.4 Å². The number of hydrogen-bond acceptors (Lipinski definition) is 4. The summed E-state index contributed by atoms with van der Waals surface area (Å²) in [5.41, 5.74) is -0.123. The Morgan fingerprint density at radius 2 is 1.63 bits per heavy atom. The van der Waals surface area contributed by atoms with Crippen LogP contribution >= 0.6 is 0 Å². The normalized spacial score (nSPS) is 10.7. The highest BCUT2D eigenvalue weighted by atomic mass is 16.6. The van der Waals surface area contributed by atoms with Gasteiger partial charge in [-0.15, -0.1) is 0 Å². The molecule has 0 fully saturated rings. The highest BCUT2D eigenvalue weighted by Crippen LogP contribution is 2.08. The van der Waals surface area contributed by atoms with Crippen LogP contribution in [0.5, 0.6) is 0 Å². The van der Waals surface area contributed by atoms with Gasteiger partial charge in [-0.2, -0.15) is 0 Å². The van der Waals surface area contributed by atoms with Crippen LogP contribution in [0.4, 0.5) is 4.79 Å². The topological polar surface area (TPSA) is 99.5 Å². The Bertz CT molecular complexity index is 500. The summed E-state index contributed by atoms with van der Waals surface area (Å²) in [5.74, 6) is -1.19. The zero-order valence-electron chi connectivity index (χ0n) is 11.0. The van der Waals surface area contributed by atoms with E-state index in [1.807, 2.05) is 0 Å². The molecular weight excluding hydrogens is 248 g/mol. The van der Waals surface area contributed by atoms with Gasteiger partial charge in [-0.05, 0) is 32.9 Å². The number of rotatable bonds is 2. The summed E-state index contributed by atoms with van der Waals surface area (Å²) in [4.78, 5) is 22.1. The van der Waals surface area contributed by atoms with Crippen LogP contribution in [0.15, 0.2) is 24.3 Å². The van der Waals surface area contributed by atoms with Crippen molar-refractivity contribution in [3.8, 4) is 0 Å². The first-order chi connectivity index (χ1) is 8.69. The predicted octanol–water partition coefficient (Wildman–Crippen LogP) is 2.23. The van der Waals surface area contributed by atoms with Crippen molar-refractivity contribution in [2.45, 2.75) is 26.4 Å². The molecule has 1 rings (SSSR count). The Morgan fingerprint density at radius 3 is 2.05 bits per heavy atom. The Labute approximate surface area is 110 Å². The second-order valence-electron chi connectivity index (χ2n) is 4.88. The van der Waals surface area contributed by atoms with Crippen molar-refractivity contribution >= 4 is 17.9 Å². The lowest BCUT2D eigenvalue weighted by Gasteiger charge is -2.19. The van der Waals surface area contributed by atoms with Gasteiger partial charge in [0.05, 0.1) is 5.56 Å². The molecule has 1 amide bonds. The van der Waals surface area contributed by atoms with Gasteiger partial charge in [-0.1, -0.05) is 12.1 Å². The van der Waals surface area contributed by atoms with E-state index >= 15 is 0 Å². The molecule has 102 valence electrons. The minimum absolute atomic E-state index is 0.119. The molecule has 0 bridgehead atoms. The lowest BCUT2D eigenvalue weighted by molar-refractivity contribution is 0.0562. The molecule has 0 aliphatic heterocycles. The average molecular weight is 264 g/mol. The van der Waals surface area contributed by atoms with Gasteiger partial charge in [-0.25, -0.2) is 9.59 Å². The number of ether oxygens (including phenoxy) is 1. The number of carbonyl (C=O) groups excluding carboxylic acids is 1. The monoisotopic (exact) mass is 264 g/mol. The van der Waals surface area contributed by atoms with Crippen molar-refractivity contribution in [2.75, 3.05) is 0 Å². The molecule has 0 aromatic heterocycles. The summed E-state index contributed by atoms with van der Waals surface area (Å²) in [5, 5.41) is 18.7. The summed E-state index contributed by atoms with van der Waals surface area (Å²) >= 11 is 0. The van der Waals surface area contributed by atoms with Gasteiger partial charge < -0.3 is 9.84 Å². The molecule has 0 heterocycles. The Kier molecular flexibility index (Phi) is 4.26. The first-order valence-electron chi connectivity index (χ1n) is 5.61. The van der Waals surface area contributed by atoms with Crippen LogP contribution in [0.25, 0.3) is 0 Å². The molecule has 1 aromatic carbocycles. The zero-order valence-corrected chi connectivity index (χ0v) is 11.0. The van der Waals surface area contributed by atoms with Crippen LogP contribution < -0.4 is 5.32 Å². The summed E-state index contributed by atoms with van der Waals surface area (Å²) in [6.07, 6.45) is -0.722. The molecule has 0 unspecified atom stereocenters. The fourth-order valence-corrected chi connectivity index (χ4v) is 1.26. The molecular formula is C13H16N2O4. The predicted molar refractivity (Wildman–Crippen MR) is 69.6 cm³/mol. The Morgan fingerprint density at radius 1 is 1.16 bits per heavy atom. The van der Waals surface area contributed by atoms with Crippen molar-refractivity contribution in [3.05, 3.63) is 35.4 Å². The standard InChI is InChI=1S/C13H16N2O4/c1-13(2,3)19-12(18)15-10(14)8-4-6-9(7-5-8)11(16)17/h4-7H,1-3H3,(H,16,17)(H2,14,15,18). The van der Waals surface area contributed by atoms with E-state index in [0.717, 1.165) is 0 Å². The average Bonchev–Trinajstić information content (AvgIpc) is 2.26. The molecule has 19 heavy (non-hydrogen) atoms. The number of amidine groups is 1. The Balaban J connectivity index is 2.68. The maximum atomic E-state index is 11.4. The summed E-state index contributed by atoms with van der Waals surface area (Å²) in [7, 11) is 0. The first kappa shape index (κ1) is 14.7. The fraction of sp³-hybridized carbons (Fsp3) is 0.308. The number of carboxylic acid groups (broad SMARTS) is 1. The second kappa shape index (κ2) is 5.51.